The van der Waals surface area contributed by atoms with Gasteiger partial charge in [0.2, 0.25) is 0 Å². The maximum absolute atomic E-state index is 13.0. The van der Waals surface area contributed by atoms with Crippen LogP contribution in [-0.2, 0) is 16.6 Å². The highest BCUT2D eigenvalue weighted by molar-refractivity contribution is 5.97. The van der Waals surface area contributed by atoms with Crippen molar-refractivity contribution in [3.8, 4) is 5.75 Å². The van der Waals surface area contributed by atoms with E-state index in [1.165, 1.54) is 24.0 Å². The second kappa shape index (κ2) is 4.57. The van der Waals surface area contributed by atoms with E-state index in [4.69, 9.17) is 4.74 Å². The number of fused-ring (bicyclic) bond motifs is 4. The van der Waals surface area contributed by atoms with Crippen molar-refractivity contribution in [1.82, 2.24) is 4.90 Å². The van der Waals surface area contributed by atoms with E-state index in [2.05, 4.69) is 24.0 Å². The van der Waals surface area contributed by atoms with Gasteiger partial charge in [0.25, 0.3) is 0 Å². The number of benzene rings is 1. The second-order valence-electron chi connectivity index (χ2n) is 7.13. The number of nitrogens with zero attached hydrogens (tertiary/aromatic N) is 1. The molecule has 0 spiro atoms. The normalized spacial score (nSPS) is 31.9. The van der Waals surface area contributed by atoms with E-state index >= 15 is 0 Å². The minimum Gasteiger partial charge on any atom is -0.497 e. The molecule has 3 aliphatic rings. The van der Waals surface area contributed by atoms with Gasteiger partial charge in [0.15, 0.2) is 5.78 Å². The first-order chi connectivity index (χ1) is 10.1. The molecule has 0 unspecified atom stereocenters. The van der Waals surface area contributed by atoms with E-state index in [1.54, 1.807) is 7.11 Å². The predicted molar refractivity (Wildman–Crippen MR) is 81.8 cm³/mol. The largest absolute Gasteiger partial charge is 0.497 e. The molecule has 0 amide bonds. The Balaban J connectivity index is 1.72. The molecule has 2 atom stereocenters. The summed E-state index contributed by atoms with van der Waals surface area (Å²) in [4.78, 5) is 15.5. The fraction of sp³-hybridized carbons (Fsp3) is 0.611. The summed E-state index contributed by atoms with van der Waals surface area (Å²) in [6.07, 6.45) is 4.51. The fourth-order valence-corrected chi connectivity index (χ4v) is 4.10. The molecule has 2 bridgehead atoms. The van der Waals surface area contributed by atoms with E-state index < -0.39 is 0 Å². The Labute approximate surface area is 126 Å². The maximum atomic E-state index is 13.0. The number of rotatable bonds is 3. The van der Waals surface area contributed by atoms with Crippen molar-refractivity contribution in [2.24, 2.45) is 5.92 Å². The lowest BCUT2D eigenvalue weighted by molar-refractivity contribution is -0.134. The molecule has 0 N–H and O–H groups in total. The van der Waals surface area contributed by atoms with Gasteiger partial charge in [0, 0.05) is 13.1 Å². The lowest BCUT2D eigenvalue weighted by atomic mass is 9.64. The first kappa shape index (κ1) is 13.3. The average Bonchev–Trinajstić information content (AvgIpc) is 3.30. The third-order valence-electron chi connectivity index (χ3n) is 5.70. The molecule has 3 nitrogen and oxygen atoms in total. The number of carbonyl (C=O) groups is 1. The highest BCUT2D eigenvalue weighted by Crippen LogP contribution is 2.44. The van der Waals surface area contributed by atoms with E-state index in [9.17, 15) is 4.79 Å². The van der Waals surface area contributed by atoms with Gasteiger partial charge < -0.3 is 4.74 Å². The van der Waals surface area contributed by atoms with Crippen molar-refractivity contribution in [3.63, 3.8) is 0 Å². The molecule has 0 aromatic heterocycles. The van der Waals surface area contributed by atoms with Gasteiger partial charge in [-0.15, -0.1) is 0 Å². The quantitative estimate of drug-likeness (QED) is 0.855. The molecule has 1 saturated heterocycles. The van der Waals surface area contributed by atoms with Gasteiger partial charge in [-0.05, 0) is 61.8 Å². The molecule has 112 valence electrons. The summed E-state index contributed by atoms with van der Waals surface area (Å²) in [5, 5.41) is 0. The van der Waals surface area contributed by atoms with Crippen LogP contribution in [0.25, 0.3) is 0 Å². The molecule has 21 heavy (non-hydrogen) atoms. The molecule has 1 aromatic rings. The zero-order chi connectivity index (χ0) is 14.6. The van der Waals surface area contributed by atoms with Crippen LogP contribution in [0.1, 0.15) is 37.3 Å². The van der Waals surface area contributed by atoms with Gasteiger partial charge in [-0.3, -0.25) is 9.69 Å². The molecular formula is C18H23NO2. The molecule has 1 aliphatic heterocycles. The van der Waals surface area contributed by atoms with Crippen LogP contribution in [0, 0.1) is 5.92 Å². The van der Waals surface area contributed by atoms with Crippen LogP contribution < -0.4 is 4.74 Å². The average molecular weight is 285 g/mol. The first-order valence-electron chi connectivity index (χ1n) is 8.07. The summed E-state index contributed by atoms with van der Waals surface area (Å²) in [5.41, 5.74) is 2.23. The van der Waals surface area contributed by atoms with Gasteiger partial charge in [-0.2, -0.15) is 0 Å². The Morgan fingerprint density at radius 3 is 2.90 bits per heavy atom. The van der Waals surface area contributed by atoms with Crippen molar-refractivity contribution >= 4 is 5.78 Å². The smallest absolute Gasteiger partial charge is 0.160 e. The Kier molecular flexibility index (Phi) is 2.90. The molecule has 0 radical (unpaired) electrons. The monoisotopic (exact) mass is 285 g/mol. The molecule has 2 fully saturated rings. The standard InChI is InChI=1S/C18H23NO2/c1-18-7-8-19(11-12-3-4-12)16(17(18)20)9-13-5-6-14(21-2)10-15(13)18/h5-6,10,12,16H,3-4,7-9,11H2,1-2H3/t16-,18-/m0/s1. The highest BCUT2D eigenvalue weighted by Gasteiger charge is 2.50. The van der Waals surface area contributed by atoms with E-state index in [0.29, 0.717) is 5.78 Å². The van der Waals surface area contributed by atoms with Crippen molar-refractivity contribution in [2.45, 2.75) is 44.1 Å². The number of hydrogen-bond donors (Lipinski definition) is 0. The number of likely N-dealkylation sites (tertiary alicyclic amines) is 1. The van der Waals surface area contributed by atoms with Gasteiger partial charge in [-0.1, -0.05) is 6.07 Å². The van der Waals surface area contributed by atoms with Crippen LogP contribution >= 0.6 is 0 Å². The Morgan fingerprint density at radius 1 is 1.38 bits per heavy atom. The Hall–Kier alpha value is -1.35. The molecule has 2 aliphatic carbocycles. The fourth-order valence-electron chi connectivity index (χ4n) is 4.10. The van der Waals surface area contributed by atoms with Crippen LogP contribution in [0.5, 0.6) is 5.75 Å². The topological polar surface area (TPSA) is 29.5 Å². The molecule has 1 heterocycles. The summed E-state index contributed by atoms with van der Waals surface area (Å²) in [7, 11) is 1.69. The van der Waals surface area contributed by atoms with Gasteiger partial charge in [-0.25, -0.2) is 0 Å². The summed E-state index contributed by atoms with van der Waals surface area (Å²) in [6.45, 7) is 4.31. The van der Waals surface area contributed by atoms with Crippen LogP contribution in [0.3, 0.4) is 0 Å². The van der Waals surface area contributed by atoms with E-state index in [-0.39, 0.29) is 11.5 Å². The summed E-state index contributed by atoms with van der Waals surface area (Å²) in [5.74, 6) is 2.14. The Morgan fingerprint density at radius 2 is 2.19 bits per heavy atom. The lowest BCUT2D eigenvalue weighted by Gasteiger charge is -2.48. The van der Waals surface area contributed by atoms with Gasteiger partial charge in [0.05, 0.1) is 18.6 Å². The summed E-state index contributed by atoms with van der Waals surface area (Å²) >= 11 is 0. The molecular weight excluding hydrogens is 262 g/mol. The third-order valence-corrected chi connectivity index (χ3v) is 5.70. The second-order valence-corrected chi connectivity index (χ2v) is 7.13. The minimum absolute atomic E-state index is 0.102. The molecule has 1 saturated carbocycles. The first-order valence-corrected chi connectivity index (χ1v) is 8.07. The molecule has 1 aromatic carbocycles. The van der Waals surface area contributed by atoms with E-state index in [0.717, 1.165) is 37.6 Å². The molecule has 3 heteroatoms. The predicted octanol–water partition coefficient (Wildman–Crippen LogP) is 2.56. The SMILES string of the molecule is COc1ccc2c(c1)[C@]1(C)CCN(CC3CC3)[C@@H](C2)C1=O. The van der Waals surface area contributed by atoms with E-state index in [1.807, 2.05) is 6.07 Å². The minimum atomic E-state index is -0.313. The van der Waals surface area contributed by atoms with Crippen LogP contribution in [-0.4, -0.2) is 36.9 Å². The number of ketones is 1. The number of Topliss-reactive ketones (excluding diaryl/α,β-unsaturated/α-hetero) is 1. The number of methoxy groups -OCH3 is 1. The number of carbonyl (C=O) groups excluding carboxylic acids is 1. The Bertz CT molecular complexity index is 593. The number of piperidine rings is 1. The van der Waals surface area contributed by atoms with Gasteiger partial charge in [0.1, 0.15) is 5.75 Å². The van der Waals surface area contributed by atoms with Crippen molar-refractivity contribution < 1.29 is 9.53 Å². The summed E-state index contributed by atoms with van der Waals surface area (Å²) < 4.78 is 5.36. The van der Waals surface area contributed by atoms with Crippen molar-refractivity contribution in [3.05, 3.63) is 29.3 Å². The van der Waals surface area contributed by atoms with Crippen molar-refractivity contribution in [1.29, 1.82) is 0 Å². The third kappa shape index (κ3) is 2.02. The van der Waals surface area contributed by atoms with Crippen LogP contribution in [0.2, 0.25) is 0 Å². The zero-order valence-corrected chi connectivity index (χ0v) is 12.9. The maximum Gasteiger partial charge on any atom is 0.160 e. The van der Waals surface area contributed by atoms with Gasteiger partial charge >= 0.3 is 0 Å². The highest BCUT2D eigenvalue weighted by atomic mass is 16.5. The number of hydrogen-bond acceptors (Lipinski definition) is 3. The number of ether oxygens (including phenoxy) is 1. The summed E-state index contributed by atoms with van der Waals surface area (Å²) in [6, 6.07) is 6.37. The van der Waals surface area contributed by atoms with Crippen LogP contribution in [0.15, 0.2) is 18.2 Å². The van der Waals surface area contributed by atoms with Crippen molar-refractivity contribution in [2.75, 3.05) is 20.2 Å². The zero-order valence-electron chi connectivity index (χ0n) is 12.9. The van der Waals surface area contributed by atoms with Crippen LogP contribution in [0.4, 0.5) is 0 Å². The molecule has 4 rings (SSSR count). The lowest BCUT2D eigenvalue weighted by Crippen LogP contribution is -2.59.